The highest BCUT2D eigenvalue weighted by molar-refractivity contribution is 5.82. The van der Waals surface area contributed by atoms with E-state index in [1.807, 2.05) is 0 Å². The normalized spacial score (nSPS) is 26.7. The number of H-pyrrole nitrogens is 1. The summed E-state index contributed by atoms with van der Waals surface area (Å²) in [5.41, 5.74) is 1.72. The monoisotopic (exact) mass is 286 g/mol. The predicted octanol–water partition coefficient (Wildman–Crippen LogP) is 1.80. The molecule has 2 atom stereocenters. The Labute approximate surface area is 124 Å². The molecule has 0 aromatic carbocycles. The van der Waals surface area contributed by atoms with Gasteiger partial charge in [-0.15, -0.1) is 0 Å². The molecule has 2 bridgehead atoms. The fourth-order valence-electron chi connectivity index (χ4n) is 4.14. The molecular weight excluding hydrogens is 264 g/mol. The molecule has 112 valence electrons. The van der Waals surface area contributed by atoms with Crippen molar-refractivity contribution >= 4 is 17.0 Å². The largest absolute Gasteiger partial charge is 0.353 e. The van der Waals surface area contributed by atoms with E-state index in [9.17, 15) is 0 Å². The number of anilines is 1. The number of aromatic amines is 1. The first-order valence-corrected chi connectivity index (χ1v) is 7.90. The third-order valence-electron chi connectivity index (χ3n) is 4.94. The van der Waals surface area contributed by atoms with Crippen molar-refractivity contribution in [3.63, 3.8) is 0 Å². The Morgan fingerprint density at radius 3 is 2.86 bits per heavy atom. The van der Waals surface area contributed by atoms with Crippen molar-refractivity contribution in [1.29, 1.82) is 0 Å². The first kappa shape index (κ1) is 13.0. The quantitative estimate of drug-likeness (QED) is 0.912. The van der Waals surface area contributed by atoms with Crippen LogP contribution in [0.25, 0.3) is 11.2 Å². The van der Waals surface area contributed by atoms with Gasteiger partial charge in [0, 0.05) is 31.2 Å². The van der Waals surface area contributed by atoms with Gasteiger partial charge in [0.25, 0.3) is 0 Å². The molecule has 2 saturated heterocycles. The first-order valence-electron chi connectivity index (χ1n) is 7.90. The maximum absolute atomic E-state index is 4.52. The summed E-state index contributed by atoms with van der Waals surface area (Å²) in [5, 5.41) is 0. The van der Waals surface area contributed by atoms with Crippen molar-refractivity contribution in [2.24, 2.45) is 0 Å². The van der Waals surface area contributed by atoms with Crippen molar-refractivity contribution in [3.05, 3.63) is 12.7 Å². The fraction of sp³-hybridized carbons (Fsp3) is 0.667. The summed E-state index contributed by atoms with van der Waals surface area (Å²) >= 11 is 0. The molecule has 2 aromatic heterocycles. The van der Waals surface area contributed by atoms with E-state index in [2.05, 4.69) is 43.6 Å². The second kappa shape index (κ2) is 4.94. The Morgan fingerprint density at radius 1 is 1.14 bits per heavy atom. The lowest BCUT2D eigenvalue weighted by Gasteiger charge is -2.32. The second-order valence-electron chi connectivity index (χ2n) is 6.46. The van der Waals surface area contributed by atoms with Crippen LogP contribution in [0.1, 0.15) is 33.1 Å². The molecule has 0 saturated carbocycles. The number of fused-ring (bicyclic) bond motifs is 3. The van der Waals surface area contributed by atoms with Gasteiger partial charge in [-0.25, -0.2) is 15.0 Å². The van der Waals surface area contributed by atoms with Crippen LogP contribution in [0, 0.1) is 0 Å². The number of hydrogen-bond acceptors (Lipinski definition) is 5. The molecule has 0 amide bonds. The van der Waals surface area contributed by atoms with Crippen LogP contribution in [0.2, 0.25) is 0 Å². The molecule has 4 rings (SSSR count). The van der Waals surface area contributed by atoms with Crippen molar-refractivity contribution in [2.75, 3.05) is 18.0 Å². The third kappa shape index (κ3) is 2.09. The highest BCUT2D eigenvalue weighted by Gasteiger charge is 2.39. The van der Waals surface area contributed by atoms with E-state index in [1.165, 1.54) is 19.3 Å². The van der Waals surface area contributed by atoms with Crippen molar-refractivity contribution in [2.45, 2.75) is 51.2 Å². The van der Waals surface area contributed by atoms with Crippen LogP contribution in [0.4, 0.5) is 5.82 Å². The van der Waals surface area contributed by atoms with Crippen LogP contribution >= 0.6 is 0 Å². The number of rotatable bonds is 2. The zero-order valence-corrected chi connectivity index (χ0v) is 12.7. The van der Waals surface area contributed by atoms with Crippen LogP contribution in [-0.4, -0.2) is 56.1 Å². The van der Waals surface area contributed by atoms with E-state index >= 15 is 0 Å². The molecule has 0 aliphatic carbocycles. The highest BCUT2D eigenvalue weighted by atomic mass is 15.3. The van der Waals surface area contributed by atoms with Gasteiger partial charge in [0.15, 0.2) is 11.5 Å². The molecule has 21 heavy (non-hydrogen) atoms. The SMILES string of the molecule is CC(C)N1[C@H]2CC[C@H]1CN(c1ncnc3nc[nH]c13)CC2. The molecule has 2 aliphatic rings. The van der Waals surface area contributed by atoms with Crippen molar-refractivity contribution in [1.82, 2.24) is 24.8 Å². The maximum atomic E-state index is 4.52. The van der Waals surface area contributed by atoms with Crippen molar-refractivity contribution in [3.8, 4) is 0 Å². The van der Waals surface area contributed by atoms with Crippen LogP contribution in [0.15, 0.2) is 12.7 Å². The lowest BCUT2D eigenvalue weighted by Crippen LogP contribution is -2.43. The minimum absolute atomic E-state index is 0.625. The molecule has 0 spiro atoms. The van der Waals surface area contributed by atoms with Gasteiger partial charge in [0.2, 0.25) is 0 Å². The molecule has 4 heterocycles. The van der Waals surface area contributed by atoms with E-state index in [0.29, 0.717) is 12.1 Å². The van der Waals surface area contributed by atoms with Gasteiger partial charge in [-0.1, -0.05) is 0 Å². The second-order valence-corrected chi connectivity index (χ2v) is 6.46. The zero-order valence-electron chi connectivity index (χ0n) is 12.7. The van der Waals surface area contributed by atoms with E-state index in [-0.39, 0.29) is 0 Å². The molecule has 6 heteroatoms. The molecule has 6 nitrogen and oxygen atoms in total. The van der Waals surface area contributed by atoms with Crippen LogP contribution in [-0.2, 0) is 0 Å². The summed E-state index contributed by atoms with van der Waals surface area (Å²) < 4.78 is 0. The Morgan fingerprint density at radius 2 is 2.00 bits per heavy atom. The number of nitrogens with zero attached hydrogens (tertiary/aromatic N) is 5. The summed E-state index contributed by atoms with van der Waals surface area (Å²) in [6.45, 7) is 6.76. The predicted molar refractivity (Wildman–Crippen MR) is 82.3 cm³/mol. The standard InChI is InChI=1S/C15H22N6/c1-10(2)21-11-3-4-12(21)7-20(6-5-11)15-13-14(17-8-16-13)18-9-19-15/h8-12H,3-7H2,1-2H3,(H,16,17,18,19)/t11-,12-/m0/s1. The Hall–Kier alpha value is -1.69. The third-order valence-corrected chi connectivity index (χ3v) is 4.94. The smallest absolute Gasteiger partial charge is 0.182 e. The molecule has 0 radical (unpaired) electrons. The molecule has 1 N–H and O–H groups in total. The Bertz CT molecular complexity index is 636. The Kier molecular flexibility index (Phi) is 3.06. The number of aromatic nitrogens is 4. The average Bonchev–Trinajstić information content (AvgIpc) is 3.02. The summed E-state index contributed by atoms with van der Waals surface area (Å²) in [5.74, 6) is 1.01. The number of hydrogen-bond donors (Lipinski definition) is 1. The first-order chi connectivity index (χ1) is 10.2. The summed E-state index contributed by atoms with van der Waals surface area (Å²) in [4.78, 5) is 21.3. The minimum Gasteiger partial charge on any atom is -0.353 e. The van der Waals surface area contributed by atoms with Gasteiger partial charge >= 0.3 is 0 Å². The van der Waals surface area contributed by atoms with Gasteiger partial charge in [0.1, 0.15) is 11.8 Å². The zero-order chi connectivity index (χ0) is 14.4. The molecule has 2 aliphatic heterocycles. The van der Waals surface area contributed by atoms with Crippen LogP contribution < -0.4 is 4.90 Å². The van der Waals surface area contributed by atoms with Gasteiger partial charge in [-0.2, -0.15) is 0 Å². The van der Waals surface area contributed by atoms with E-state index < -0.39 is 0 Å². The summed E-state index contributed by atoms with van der Waals surface area (Å²) in [6.07, 6.45) is 7.19. The van der Waals surface area contributed by atoms with E-state index in [1.54, 1.807) is 12.7 Å². The lowest BCUT2D eigenvalue weighted by atomic mass is 10.1. The highest BCUT2D eigenvalue weighted by Crippen LogP contribution is 2.34. The number of imidazole rings is 1. The van der Waals surface area contributed by atoms with Crippen LogP contribution in [0.3, 0.4) is 0 Å². The van der Waals surface area contributed by atoms with Gasteiger partial charge < -0.3 is 9.88 Å². The minimum atomic E-state index is 0.625. The molecular formula is C15H22N6. The van der Waals surface area contributed by atoms with Crippen LogP contribution in [0.5, 0.6) is 0 Å². The number of nitrogens with one attached hydrogen (secondary N) is 1. The average molecular weight is 286 g/mol. The Balaban J connectivity index is 1.67. The molecule has 2 fully saturated rings. The topological polar surface area (TPSA) is 60.9 Å². The van der Waals surface area contributed by atoms with E-state index in [0.717, 1.165) is 36.1 Å². The van der Waals surface area contributed by atoms with Crippen molar-refractivity contribution < 1.29 is 0 Å². The lowest BCUT2D eigenvalue weighted by molar-refractivity contribution is 0.158. The summed E-state index contributed by atoms with van der Waals surface area (Å²) in [6, 6.07) is 2.00. The van der Waals surface area contributed by atoms with Gasteiger partial charge in [0.05, 0.1) is 6.33 Å². The van der Waals surface area contributed by atoms with E-state index in [4.69, 9.17) is 0 Å². The van der Waals surface area contributed by atoms with Gasteiger partial charge in [-0.3, -0.25) is 4.90 Å². The maximum Gasteiger partial charge on any atom is 0.182 e. The fourth-order valence-corrected chi connectivity index (χ4v) is 4.14. The summed E-state index contributed by atoms with van der Waals surface area (Å²) in [7, 11) is 0. The molecule has 0 unspecified atom stereocenters. The molecule has 2 aromatic rings. The van der Waals surface area contributed by atoms with Gasteiger partial charge in [-0.05, 0) is 33.1 Å².